The summed E-state index contributed by atoms with van der Waals surface area (Å²) in [7, 11) is 1.74. The van der Waals surface area contributed by atoms with Crippen LogP contribution in [0.15, 0.2) is 0 Å². The molecule has 0 atom stereocenters. The molecule has 1 rings (SSSR count). The molecule has 0 aliphatic rings. The molecule has 1 heterocycles. The van der Waals surface area contributed by atoms with Crippen LogP contribution >= 0.6 is 0 Å². The van der Waals surface area contributed by atoms with Gasteiger partial charge in [-0.25, -0.2) is 0 Å². The van der Waals surface area contributed by atoms with Crippen molar-refractivity contribution in [2.24, 2.45) is 7.05 Å². The minimum absolute atomic E-state index is 0.122. The molecule has 6 heteroatoms. The predicted octanol–water partition coefficient (Wildman–Crippen LogP) is 0.164. The van der Waals surface area contributed by atoms with E-state index in [0.29, 0.717) is 17.2 Å². The molecule has 6 nitrogen and oxygen atoms in total. The van der Waals surface area contributed by atoms with Gasteiger partial charge in [0.1, 0.15) is 13.1 Å². The second-order valence-electron chi connectivity index (χ2n) is 3.12. The van der Waals surface area contributed by atoms with Gasteiger partial charge in [-0.15, -0.1) is 0 Å². The van der Waals surface area contributed by atoms with E-state index in [0.717, 1.165) is 0 Å². The molecule has 0 saturated heterocycles. The number of aryl methyl sites for hydroxylation is 2. The lowest BCUT2D eigenvalue weighted by molar-refractivity contribution is 0.732. The summed E-state index contributed by atoms with van der Waals surface area (Å²) < 4.78 is 1.58. The van der Waals surface area contributed by atoms with Gasteiger partial charge in [-0.2, -0.15) is 15.6 Å². The standard InChI is InChI=1S/C9H12N6/c1-7-8(12)9(14(2)13-7)15(5-3-10)6-4-11/h5-6,12H2,1-2H3. The molecule has 0 unspecified atom stereocenters. The Hall–Kier alpha value is -2.21. The van der Waals surface area contributed by atoms with Crippen molar-refractivity contribution in [2.75, 3.05) is 23.7 Å². The van der Waals surface area contributed by atoms with Gasteiger partial charge < -0.3 is 10.6 Å². The van der Waals surface area contributed by atoms with Crippen molar-refractivity contribution in [3.63, 3.8) is 0 Å². The van der Waals surface area contributed by atoms with Gasteiger partial charge in [-0.3, -0.25) is 4.68 Å². The van der Waals surface area contributed by atoms with E-state index < -0.39 is 0 Å². The molecule has 0 aliphatic carbocycles. The number of hydrogen-bond acceptors (Lipinski definition) is 5. The molecule has 0 fully saturated rings. The average molecular weight is 204 g/mol. The van der Waals surface area contributed by atoms with Crippen LogP contribution in [0.4, 0.5) is 11.5 Å². The second-order valence-corrected chi connectivity index (χ2v) is 3.12. The monoisotopic (exact) mass is 204 g/mol. The zero-order valence-electron chi connectivity index (χ0n) is 8.73. The first kappa shape index (κ1) is 10.9. The van der Waals surface area contributed by atoms with Gasteiger partial charge >= 0.3 is 0 Å². The summed E-state index contributed by atoms with van der Waals surface area (Å²) in [4.78, 5) is 1.59. The van der Waals surface area contributed by atoms with Gasteiger partial charge in [0.05, 0.1) is 23.5 Å². The summed E-state index contributed by atoms with van der Waals surface area (Å²) in [6.07, 6.45) is 0. The van der Waals surface area contributed by atoms with E-state index in [1.807, 2.05) is 12.1 Å². The smallest absolute Gasteiger partial charge is 0.152 e. The van der Waals surface area contributed by atoms with Crippen molar-refractivity contribution in [3.8, 4) is 12.1 Å². The van der Waals surface area contributed by atoms with E-state index in [1.165, 1.54) is 0 Å². The molecular weight excluding hydrogens is 192 g/mol. The molecule has 15 heavy (non-hydrogen) atoms. The average Bonchev–Trinajstić information content (AvgIpc) is 2.41. The van der Waals surface area contributed by atoms with E-state index >= 15 is 0 Å². The van der Waals surface area contributed by atoms with Crippen LogP contribution in [0.2, 0.25) is 0 Å². The molecule has 0 aliphatic heterocycles. The largest absolute Gasteiger partial charge is 0.394 e. The van der Waals surface area contributed by atoms with Crippen LogP contribution in [0.1, 0.15) is 5.69 Å². The van der Waals surface area contributed by atoms with Crippen LogP contribution in [0.25, 0.3) is 0 Å². The Bertz CT molecular complexity index is 417. The summed E-state index contributed by atoms with van der Waals surface area (Å²) in [5.74, 6) is 0.621. The zero-order valence-corrected chi connectivity index (χ0v) is 8.73. The van der Waals surface area contributed by atoms with Gasteiger partial charge in [-0.1, -0.05) is 0 Å². The van der Waals surface area contributed by atoms with Crippen molar-refractivity contribution in [1.82, 2.24) is 9.78 Å². The summed E-state index contributed by atoms with van der Waals surface area (Å²) in [6.45, 7) is 2.03. The van der Waals surface area contributed by atoms with Crippen molar-refractivity contribution in [3.05, 3.63) is 5.69 Å². The lowest BCUT2D eigenvalue weighted by Gasteiger charge is -2.18. The Morgan fingerprint density at radius 3 is 2.27 bits per heavy atom. The SMILES string of the molecule is Cc1nn(C)c(N(CC#N)CC#N)c1N. The second kappa shape index (κ2) is 4.34. The van der Waals surface area contributed by atoms with Crippen molar-refractivity contribution < 1.29 is 0 Å². The van der Waals surface area contributed by atoms with E-state index in [9.17, 15) is 0 Å². The molecule has 0 aromatic carbocycles. The van der Waals surface area contributed by atoms with Gasteiger partial charge in [0.15, 0.2) is 5.82 Å². The number of nitrogens with two attached hydrogens (primary N) is 1. The number of rotatable bonds is 3. The Labute approximate surface area is 88.1 Å². The van der Waals surface area contributed by atoms with E-state index in [2.05, 4.69) is 5.10 Å². The number of nitrogen functional groups attached to an aromatic ring is 1. The van der Waals surface area contributed by atoms with Crippen LogP contribution in [0, 0.1) is 29.6 Å². The number of aromatic nitrogens is 2. The fourth-order valence-electron chi connectivity index (χ4n) is 1.41. The van der Waals surface area contributed by atoms with Gasteiger partial charge in [0.25, 0.3) is 0 Å². The highest BCUT2D eigenvalue weighted by molar-refractivity contribution is 5.66. The van der Waals surface area contributed by atoms with Crippen LogP contribution in [0.3, 0.4) is 0 Å². The molecule has 0 saturated carbocycles. The third kappa shape index (κ3) is 2.00. The van der Waals surface area contributed by atoms with Crippen molar-refractivity contribution >= 4 is 11.5 Å². The molecule has 0 radical (unpaired) electrons. The molecule has 0 bridgehead atoms. The molecular formula is C9H12N6. The van der Waals surface area contributed by atoms with Gasteiger partial charge in [0, 0.05) is 7.05 Å². The Kier molecular flexibility index (Phi) is 3.14. The van der Waals surface area contributed by atoms with E-state index in [1.54, 1.807) is 23.6 Å². The van der Waals surface area contributed by atoms with Crippen LogP contribution in [-0.2, 0) is 7.05 Å². The number of nitrogens with zero attached hydrogens (tertiary/aromatic N) is 5. The molecule has 1 aromatic heterocycles. The number of anilines is 2. The minimum Gasteiger partial charge on any atom is -0.394 e. The molecule has 78 valence electrons. The van der Waals surface area contributed by atoms with Crippen molar-refractivity contribution in [2.45, 2.75) is 6.92 Å². The first-order valence-electron chi connectivity index (χ1n) is 4.39. The highest BCUT2D eigenvalue weighted by Gasteiger charge is 2.16. The summed E-state index contributed by atoms with van der Waals surface area (Å²) in [5, 5.41) is 21.4. The van der Waals surface area contributed by atoms with Crippen LogP contribution in [0.5, 0.6) is 0 Å². The first-order chi connectivity index (χ1) is 7.11. The molecule has 0 spiro atoms. The topological polar surface area (TPSA) is 94.7 Å². The maximum atomic E-state index is 8.64. The lowest BCUT2D eigenvalue weighted by atomic mass is 10.3. The third-order valence-electron chi connectivity index (χ3n) is 2.06. The molecule has 2 N–H and O–H groups in total. The normalized spacial score (nSPS) is 9.33. The number of nitriles is 2. The van der Waals surface area contributed by atoms with Gasteiger partial charge in [-0.05, 0) is 6.92 Å². The zero-order chi connectivity index (χ0) is 11.4. The Morgan fingerprint density at radius 1 is 1.40 bits per heavy atom. The highest BCUT2D eigenvalue weighted by Crippen LogP contribution is 2.24. The first-order valence-corrected chi connectivity index (χ1v) is 4.39. The van der Waals surface area contributed by atoms with E-state index in [4.69, 9.17) is 16.3 Å². The molecule has 0 amide bonds. The van der Waals surface area contributed by atoms with E-state index in [-0.39, 0.29) is 13.1 Å². The lowest BCUT2D eigenvalue weighted by Crippen LogP contribution is -2.26. The van der Waals surface area contributed by atoms with Crippen molar-refractivity contribution in [1.29, 1.82) is 10.5 Å². The summed E-state index contributed by atoms with van der Waals surface area (Å²) in [5.41, 5.74) is 7.04. The fourth-order valence-corrected chi connectivity index (χ4v) is 1.41. The highest BCUT2D eigenvalue weighted by atomic mass is 15.4. The third-order valence-corrected chi connectivity index (χ3v) is 2.06. The number of hydrogen-bond donors (Lipinski definition) is 1. The summed E-state index contributed by atoms with van der Waals surface area (Å²) >= 11 is 0. The quantitative estimate of drug-likeness (QED) is 0.708. The minimum atomic E-state index is 0.122. The Morgan fingerprint density at radius 2 is 1.93 bits per heavy atom. The molecule has 1 aromatic rings. The predicted molar refractivity (Wildman–Crippen MR) is 55.8 cm³/mol. The maximum Gasteiger partial charge on any atom is 0.152 e. The fraction of sp³-hybridized carbons (Fsp3) is 0.444. The summed E-state index contributed by atoms with van der Waals surface area (Å²) in [6, 6.07) is 3.99. The van der Waals surface area contributed by atoms with Gasteiger partial charge in [0.2, 0.25) is 0 Å². The van der Waals surface area contributed by atoms with Crippen LogP contribution in [-0.4, -0.2) is 22.9 Å². The Balaban J connectivity index is 3.12. The maximum absolute atomic E-state index is 8.64. The van der Waals surface area contributed by atoms with Crippen LogP contribution < -0.4 is 10.6 Å².